The quantitative estimate of drug-likeness (QED) is 0.584. The summed E-state index contributed by atoms with van der Waals surface area (Å²) in [5, 5.41) is 6.06. The lowest BCUT2D eigenvalue weighted by atomic mass is 10.1. The highest BCUT2D eigenvalue weighted by atomic mass is 16.5. The van der Waals surface area contributed by atoms with Crippen LogP contribution in [0, 0.1) is 6.92 Å². The van der Waals surface area contributed by atoms with E-state index in [1.807, 2.05) is 12.1 Å². The Balaban J connectivity index is 1.56. The lowest BCUT2D eigenvalue weighted by molar-refractivity contribution is 0.0526. The first-order valence-corrected chi connectivity index (χ1v) is 9.39. The first-order chi connectivity index (χ1) is 14.0. The lowest BCUT2D eigenvalue weighted by Crippen LogP contribution is -2.14. The number of benzene rings is 2. The Morgan fingerprint density at radius 3 is 2.41 bits per heavy atom. The Kier molecular flexibility index (Phi) is 6.58. The molecule has 6 heteroatoms. The zero-order valence-corrected chi connectivity index (χ0v) is 16.4. The molecule has 0 aliphatic heterocycles. The number of aromatic nitrogens is 1. The van der Waals surface area contributed by atoms with E-state index in [1.54, 1.807) is 43.5 Å². The molecule has 0 bridgehead atoms. The Morgan fingerprint density at radius 2 is 1.76 bits per heavy atom. The number of ether oxygens (including phenoxy) is 1. The number of rotatable bonds is 7. The van der Waals surface area contributed by atoms with Crippen LogP contribution in [0.4, 0.5) is 11.4 Å². The smallest absolute Gasteiger partial charge is 0.338 e. The molecule has 0 fully saturated rings. The summed E-state index contributed by atoms with van der Waals surface area (Å²) in [7, 11) is 0. The molecule has 0 atom stereocenters. The summed E-state index contributed by atoms with van der Waals surface area (Å²) in [5.74, 6) is -0.708. The first kappa shape index (κ1) is 20.1. The van der Waals surface area contributed by atoms with Crippen LogP contribution in [0.5, 0.6) is 0 Å². The van der Waals surface area contributed by atoms with Gasteiger partial charge in [-0.1, -0.05) is 29.8 Å². The van der Waals surface area contributed by atoms with Gasteiger partial charge in [0.25, 0.3) is 5.91 Å². The molecule has 3 rings (SSSR count). The molecule has 2 aromatic carbocycles. The molecule has 0 unspecified atom stereocenters. The van der Waals surface area contributed by atoms with Crippen LogP contribution < -0.4 is 10.6 Å². The maximum Gasteiger partial charge on any atom is 0.338 e. The lowest BCUT2D eigenvalue weighted by Gasteiger charge is -2.09. The number of amides is 1. The maximum absolute atomic E-state index is 12.4. The van der Waals surface area contributed by atoms with E-state index in [2.05, 4.69) is 40.7 Å². The van der Waals surface area contributed by atoms with Crippen LogP contribution in [0.15, 0.2) is 66.9 Å². The van der Waals surface area contributed by atoms with Crippen molar-refractivity contribution in [1.29, 1.82) is 0 Å². The number of carbonyl (C=O) groups excluding carboxylic acids is 2. The standard InChI is InChI=1S/C23H23N3O3/c1-3-29-23(28)18-7-9-19(10-8-18)26-22(27)21-12-11-20(15-25-21)24-14-17-6-4-5-16(2)13-17/h4-13,15,24H,3,14H2,1-2H3,(H,26,27). The predicted octanol–water partition coefficient (Wildman–Crippen LogP) is 4.43. The van der Waals surface area contributed by atoms with Crippen LogP contribution in [-0.4, -0.2) is 23.5 Å². The molecule has 0 spiro atoms. The van der Waals surface area contributed by atoms with Gasteiger partial charge in [0.1, 0.15) is 5.69 Å². The van der Waals surface area contributed by atoms with E-state index in [-0.39, 0.29) is 11.9 Å². The number of esters is 1. The van der Waals surface area contributed by atoms with Crippen molar-refractivity contribution in [3.05, 3.63) is 89.2 Å². The highest BCUT2D eigenvalue weighted by molar-refractivity contribution is 6.03. The van der Waals surface area contributed by atoms with Gasteiger partial charge in [0.15, 0.2) is 0 Å². The second-order valence-electron chi connectivity index (χ2n) is 6.53. The summed E-state index contributed by atoms with van der Waals surface area (Å²) in [5.41, 5.74) is 4.55. The van der Waals surface area contributed by atoms with E-state index in [4.69, 9.17) is 4.74 Å². The third-order valence-corrected chi connectivity index (χ3v) is 4.23. The van der Waals surface area contributed by atoms with Gasteiger partial charge in [0.05, 0.1) is 24.1 Å². The molecule has 0 radical (unpaired) electrons. The minimum absolute atomic E-state index is 0.306. The largest absolute Gasteiger partial charge is 0.462 e. The summed E-state index contributed by atoms with van der Waals surface area (Å²) in [6.07, 6.45) is 1.63. The molecular weight excluding hydrogens is 366 g/mol. The third kappa shape index (κ3) is 5.65. The summed E-state index contributed by atoms with van der Waals surface area (Å²) in [4.78, 5) is 28.3. The minimum atomic E-state index is -0.388. The molecule has 6 nitrogen and oxygen atoms in total. The van der Waals surface area contributed by atoms with Crippen molar-refractivity contribution >= 4 is 23.3 Å². The van der Waals surface area contributed by atoms with Crippen LogP contribution in [0.25, 0.3) is 0 Å². The number of nitrogens with zero attached hydrogens (tertiary/aromatic N) is 1. The fraction of sp³-hybridized carbons (Fsp3) is 0.174. The number of hydrogen-bond acceptors (Lipinski definition) is 5. The fourth-order valence-electron chi connectivity index (χ4n) is 2.76. The van der Waals surface area contributed by atoms with E-state index < -0.39 is 0 Å². The number of pyridine rings is 1. The molecule has 1 amide bonds. The number of carbonyl (C=O) groups is 2. The molecule has 3 aromatic rings. The van der Waals surface area contributed by atoms with Crippen molar-refractivity contribution in [3.8, 4) is 0 Å². The molecule has 1 heterocycles. The first-order valence-electron chi connectivity index (χ1n) is 9.39. The van der Waals surface area contributed by atoms with Crippen LogP contribution >= 0.6 is 0 Å². The number of aryl methyl sites for hydroxylation is 1. The highest BCUT2D eigenvalue weighted by Gasteiger charge is 2.10. The Bertz CT molecular complexity index is 983. The molecule has 0 aliphatic rings. The minimum Gasteiger partial charge on any atom is -0.462 e. The zero-order valence-electron chi connectivity index (χ0n) is 16.4. The molecule has 0 saturated heterocycles. The fourth-order valence-corrected chi connectivity index (χ4v) is 2.76. The van der Waals surface area contributed by atoms with Gasteiger partial charge >= 0.3 is 5.97 Å². The average molecular weight is 389 g/mol. The summed E-state index contributed by atoms with van der Waals surface area (Å²) in [6, 6.07) is 18.3. The van der Waals surface area contributed by atoms with E-state index >= 15 is 0 Å². The molecule has 0 saturated carbocycles. The van der Waals surface area contributed by atoms with Crippen LogP contribution in [-0.2, 0) is 11.3 Å². The Labute approximate surface area is 169 Å². The monoisotopic (exact) mass is 389 g/mol. The molecule has 148 valence electrons. The molecule has 0 aliphatic carbocycles. The Hall–Kier alpha value is -3.67. The molecular formula is C23H23N3O3. The van der Waals surface area contributed by atoms with Gasteiger partial charge in [0.2, 0.25) is 0 Å². The zero-order chi connectivity index (χ0) is 20.6. The second-order valence-corrected chi connectivity index (χ2v) is 6.53. The molecule has 29 heavy (non-hydrogen) atoms. The van der Waals surface area contributed by atoms with Crippen molar-refractivity contribution in [2.75, 3.05) is 17.2 Å². The van der Waals surface area contributed by atoms with Gasteiger partial charge in [-0.25, -0.2) is 9.78 Å². The molecule has 2 N–H and O–H groups in total. The van der Waals surface area contributed by atoms with Crippen molar-refractivity contribution in [2.45, 2.75) is 20.4 Å². The van der Waals surface area contributed by atoms with Gasteiger partial charge in [-0.05, 0) is 55.8 Å². The summed E-state index contributed by atoms with van der Waals surface area (Å²) < 4.78 is 4.94. The van der Waals surface area contributed by atoms with Gasteiger partial charge in [-0.3, -0.25) is 4.79 Å². The molecule has 1 aromatic heterocycles. The number of hydrogen-bond donors (Lipinski definition) is 2. The van der Waals surface area contributed by atoms with E-state index in [0.717, 1.165) is 5.69 Å². The van der Waals surface area contributed by atoms with E-state index in [9.17, 15) is 9.59 Å². The van der Waals surface area contributed by atoms with Crippen LogP contribution in [0.2, 0.25) is 0 Å². The van der Waals surface area contributed by atoms with Gasteiger partial charge in [-0.15, -0.1) is 0 Å². The average Bonchev–Trinajstić information content (AvgIpc) is 2.73. The van der Waals surface area contributed by atoms with Gasteiger partial charge < -0.3 is 15.4 Å². The van der Waals surface area contributed by atoms with Gasteiger partial charge in [-0.2, -0.15) is 0 Å². The SMILES string of the molecule is CCOC(=O)c1ccc(NC(=O)c2ccc(NCc3cccc(C)c3)cn2)cc1. The highest BCUT2D eigenvalue weighted by Crippen LogP contribution is 2.14. The van der Waals surface area contributed by atoms with Crippen LogP contribution in [0.1, 0.15) is 38.9 Å². The number of anilines is 2. The normalized spacial score (nSPS) is 10.3. The maximum atomic E-state index is 12.4. The third-order valence-electron chi connectivity index (χ3n) is 4.23. The van der Waals surface area contributed by atoms with Crippen molar-refractivity contribution in [3.63, 3.8) is 0 Å². The topological polar surface area (TPSA) is 80.3 Å². The summed E-state index contributed by atoms with van der Waals surface area (Å²) in [6.45, 7) is 4.81. The van der Waals surface area contributed by atoms with Crippen molar-refractivity contribution in [2.24, 2.45) is 0 Å². The van der Waals surface area contributed by atoms with Crippen molar-refractivity contribution in [1.82, 2.24) is 4.98 Å². The van der Waals surface area contributed by atoms with E-state index in [1.165, 1.54) is 11.1 Å². The summed E-state index contributed by atoms with van der Waals surface area (Å²) >= 11 is 0. The van der Waals surface area contributed by atoms with Gasteiger partial charge in [0, 0.05) is 12.2 Å². The van der Waals surface area contributed by atoms with Crippen LogP contribution in [0.3, 0.4) is 0 Å². The van der Waals surface area contributed by atoms with Crippen molar-refractivity contribution < 1.29 is 14.3 Å². The van der Waals surface area contributed by atoms with E-state index in [0.29, 0.717) is 30.1 Å². The number of nitrogens with one attached hydrogen (secondary N) is 2. The Morgan fingerprint density at radius 1 is 1.00 bits per heavy atom. The predicted molar refractivity (Wildman–Crippen MR) is 113 cm³/mol. The second kappa shape index (κ2) is 9.50.